The zero-order valence-electron chi connectivity index (χ0n) is 15.6. The highest BCUT2D eigenvalue weighted by Crippen LogP contribution is 2.35. The number of hydrogen-bond acceptors (Lipinski definition) is 4. The SMILES string of the molecule is Cc1onc(-c2ccccc2Cl)c1C(=O)Nc1ccccc1Sc1ccccc1. The average molecular weight is 421 g/mol. The molecule has 1 heterocycles. The van der Waals surface area contributed by atoms with Crippen molar-refractivity contribution < 1.29 is 9.32 Å². The maximum atomic E-state index is 13.1. The lowest BCUT2D eigenvalue weighted by Crippen LogP contribution is -2.14. The number of amides is 1. The Hall–Kier alpha value is -3.02. The molecule has 6 heteroatoms. The van der Waals surface area contributed by atoms with Crippen molar-refractivity contribution in [3.63, 3.8) is 0 Å². The number of carbonyl (C=O) groups is 1. The van der Waals surface area contributed by atoms with Crippen LogP contribution >= 0.6 is 23.4 Å². The molecule has 0 fully saturated rings. The highest BCUT2D eigenvalue weighted by Gasteiger charge is 2.23. The van der Waals surface area contributed by atoms with Gasteiger partial charge in [0, 0.05) is 15.4 Å². The first-order chi connectivity index (χ1) is 14.1. The van der Waals surface area contributed by atoms with E-state index in [9.17, 15) is 4.79 Å². The Labute approximate surface area is 177 Å². The number of halogens is 1. The smallest absolute Gasteiger partial charge is 0.261 e. The van der Waals surface area contributed by atoms with E-state index in [1.165, 1.54) is 0 Å². The molecule has 0 unspecified atom stereocenters. The molecule has 1 aromatic heterocycles. The summed E-state index contributed by atoms with van der Waals surface area (Å²) in [6.07, 6.45) is 0. The largest absolute Gasteiger partial charge is 0.360 e. The van der Waals surface area contributed by atoms with E-state index in [0.717, 1.165) is 15.5 Å². The van der Waals surface area contributed by atoms with Gasteiger partial charge in [-0.3, -0.25) is 4.79 Å². The summed E-state index contributed by atoms with van der Waals surface area (Å²) in [5.74, 6) is 0.144. The first kappa shape index (κ1) is 19.3. The molecule has 1 amide bonds. The van der Waals surface area contributed by atoms with Crippen LogP contribution in [0.5, 0.6) is 0 Å². The van der Waals surface area contributed by atoms with Gasteiger partial charge in [-0.15, -0.1) is 0 Å². The Balaban J connectivity index is 1.65. The lowest BCUT2D eigenvalue weighted by molar-refractivity contribution is 0.102. The molecular weight excluding hydrogens is 404 g/mol. The Kier molecular flexibility index (Phi) is 5.69. The number of carbonyl (C=O) groups excluding carboxylic acids is 1. The second kappa shape index (κ2) is 8.55. The fourth-order valence-corrected chi connectivity index (χ4v) is 4.08. The molecule has 0 saturated heterocycles. The van der Waals surface area contributed by atoms with E-state index in [0.29, 0.717) is 27.6 Å². The number of aryl methyl sites for hydroxylation is 1. The molecule has 144 valence electrons. The van der Waals surface area contributed by atoms with Crippen LogP contribution in [0.25, 0.3) is 11.3 Å². The third-order valence-electron chi connectivity index (χ3n) is 4.33. The Bertz CT molecular complexity index is 1160. The van der Waals surface area contributed by atoms with E-state index in [1.807, 2.05) is 72.8 Å². The summed E-state index contributed by atoms with van der Waals surface area (Å²) in [4.78, 5) is 15.2. The molecule has 29 heavy (non-hydrogen) atoms. The highest BCUT2D eigenvalue weighted by atomic mass is 35.5. The maximum absolute atomic E-state index is 13.1. The van der Waals surface area contributed by atoms with E-state index < -0.39 is 0 Å². The van der Waals surface area contributed by atoms with E-state index in [4.69, 9.17) is 16.1 Å². The molecule has 0 radical (unpaired) electrons. The molecule has 0 spiro atoms. The molecule has 0 aliphatic carbocycles. The van der Waals surface area contributed by atoms with Crippen LogP contribution in [-0.4, -0.2) is 11.1 Å². The van der Waals surface area contributed by atoms with Gasteiger partial charge in [0.15, 0.2) is 0 Å². The number of para-hydroxylation sites is 1. The topological polar surface area (TPSA) is 55.1 Å². The van der Waals surface area contributed by atoms with Crippen molar-refractivity contribution in [2.75, 3.05) is 5.32 Å². The highest BCUT2D eigenvalue weighted by molar-refractivity contribution is 7.99. The molecule has 1 N–H and O–H groups in total. The molecule has 0 atom stereocenters. The summed E-state index contributed by atoms with van der Waals surface area (Å²) in [6, 6.07) is 24.9. The minimum absolute atomic E-state index is 0.292. The Morgan fingerprint density at radius 2 is 1.66 bits per heavy atom. The van der Waals surface area contributed by atoms with Crippen LogP contribution in [0.1, 0.15) is 16.1 Å². The zero-order chi connectivity index (χ0) is 20.2. The van der Waals surface area contributed by atoms with Crippen molar-refractivity contribution in [1.82, 2.24) is 5.16 Å². The fourth-order valence-electron chi connectivity index (χ4n) is 2.94. The van der Waals surface area contributed by atoms with E-state index in [-0.39, 0.29) is 5.91 Å². The summed E-state index contributed by atoms with van der Waals surface area (Å²) in [5.41, 5.74) is 2.18. The lowest BCUT2D eigenvalue weighted by Gasteiger charge is -2.11. The van der Waals surface area contributed by atoms with E-state index >= 15 is 0 Å². The van der Waals surface area contributed by atoms with Crippen molar-refractivity contribution >= 4 is 35.0 Å². The predicted octanol–water partition coefficient (Wildman–Crippen LogP) is 6.71. The van der Waals surface area contributed by atoms with Crippen LogP contribution in [0.15, 0.2) is 93.2 Å². The third-order valence-corrected chi connectivity index (χ3v) is 5.74. The Morgan fingerprint density at radius 3 is 2.45 bits per heavy atom. The molecule has 4 rings (SSSR count). The van der Waals surface area contributed by atoms with Crippen molar-refractivity contribution in [2.24, 2.45) is 0 Å². The standard InChI is InChI=1S/C23H17ClN2O2S/c1-15-21(22(26-28-15)17-11-5-6-12-18(17)24)23(27)25-19-13-7-8-14-20(19)29-16-9-3-2-4-10-16/h2-14H,1H3,(H,25,27). The van der Waals surface area contributed by atoms with Crippen molar-refractivity contribution in [2.45, 2.75) is 16.7 Å². The zero-order valence-corrected chi connectivity index (χ0v) is 17.1. The van der Waals surface area contributed by atoms with Gasteiger partial charge in [-0.2, -0.15) is 0 Å². The minimum atomic E-state index is -0.292. The number of nitrogens with zero attached hydrogens (tertiary/aromatic N) is 1. The summed E-state index contributed by atoms with van der Waals surface area (Å²) in [7, 11) is 0. The van der Waals surface area contributed by atoms with E-state index in [1.54, 1.807) is 24.8 Å². The first-order valence-electron chi connectivity index (χ1n) is 8.98. The molecule has 0 bridgehead atoms. The quantitative estimate of drug-likeness (QED) is 0.390. The van der Waals surface area contributed by atoms with Crippen molar-refractivity contribution in [3.05, 3.63) is 95.2 Å². The average Bonchev–Trinajstić information content (AvgIpc) is 3.12. The van der Waals surface area contributed by atoms with Gasteiger partial charge in [0.1, 0.15) is 17.0 Å². The van der Waals surface area contributed by atoms with Gasteiger partial charge >= 0.3 is 0 Å². The predicted molar refractivity (Wildman–Crippen MR) is 117 cm³/mol. The number of hydrogen-bond donors (Lipinski definition) is 1. The number of aromatic nitrogens is 1. The maximum Gasteiger partial charge on any atom is 0.261 e. The number of anilines is 1. The van der Waals surface area contributed by atoms with E-state index in [2.05, 4.69) is 10.5 Å². The molecule has 4 aromatic rings. The summed E-state index contributed by atoms with van der Waals surface area (Å²) >= 11 is 7.89. The van der Waals surface area contributed by atoms with Crippen LogP contribution in [0.2, 0.25) is 5.02 Å². The van der Waals surface area contributed by atoms with Gasteiger partial charge in [0.25, 0.3) is 5.91 Å². The summed E-state index contributed by atoms with van der Waals surface area (Å²) in [6.45, 7) is 1.72. The second-order valence-electron chi connectivity index (χ2n) is 6.31. The second-order valence-corrected chi connectivity index (χ2v) is 7.83. The van der Waals surface area contributed by atoms with Gasteiger partial charge in [0.2, 0.25) is 0 Å². The molecule has 0 saturated carbocycles. The fraction of sp³-hybridized carbons (Fsp3) is 0.0435. The van der Waals surface area contributed by atoms with Gasteiger partial charge in [0.05, 0.1) is 10.7 Å². The molecule has 0 aliphatic rings. The van der Waals surface area contributed by atoms with Crippen LogP contribution < -0.4 is 5.32 Å². The van der Waals surface area contributed by atoms with Crippen LogP contribution in [0.3, 0.4) is 0 Å². The normalized spacial score (nSPS) is 10.7. The van der Waals surface area contributed by atoms with Gasteiger partial charge in [-0.1, -0.05) is 77.1 Å². The lowest BCUT2D eigenvalue weighted by atomic mass is 10.1. The third kappa shape index (κ3) is 4.21. The van der Waals surface area contributed by atoms with Gasteiger partial charge in [-0.05, 0) is 37.3 Å². The number of rotatable bonds is 5. The summed E-state index contributed by atoms with van der Waals surface area (Å²) < 4.78 is 5.32. The summed E-state index contributed by atoms with van der Waals surface area (Å²) in [5, 5.41) is 7.58. The van der Waals surface area contributed by atoms with Crippen molar-refractivity contribution in [3.8, 4) is 11.3 Å². The molecule has 0 aliphatic heterocycles. The van der Waals surface area contributed by atoms with Crippen LogP contribution in [0.4, 0.5) is 5.69 Å². The van der Waals surface area contributed by atoms with Crippen LogP contribution in [-0.2, 0) is 0 Å². The molecule has 4 nitrogen and oxygen atoms in total. The van der Waals surface area contributed by atoms with Gasteiger partial charge in [-0.25, -0.2) is 0 Å². The van der Waals surface area contributed by atoms with Gasteiger partial charge < -0.3 is 9.84 Å². The Morgan fingerprint density at radius 1 is 0.966 bits per heavy atom. The van der Waals surface area contributed by atoms with Crippen molar-refractivity contribution in [1.29, 1.82) is 0 Å². The monoisotopic (exact) mass is 420 g/mol. The molecule has 3 aromatic carbocycles. The van der Waals surface area contributed by atoms with Crippen LogP contribution in [0, 0.1) is 6.92 Å². The first-order valence-corrected chi connectivity index (χ1v) is 10.2. The molecular formula is C23H17ClN2O2S. The minimum Gasteiger partial charge on any atom is -0.360 e. The number of benzene rings is 3. The number of nitrogens with one attached hydrogen (secondary N) is 1.